The lowest BCUT2D eigenvalue weighted by Gasteiger charge is -2.04. The van der Waals surface area contributed by atoms with Crippen LogP contribution in [-0.2, 0) is 0 Å². The Labute approximate surface area is 116 Å². The highest BCUT2D eigenvalue weighted by molar-refractivity contribution is 7.22. The molecule has 2 aromatic heterocycles. The summed E-state index contributed by atoms with van der Waals surface area (Å²) in [4.78, 5) is 19.8. The number of nitrogens with zero attached hydrogens (tertiary/aromatic N) is 2. The number of hydrogen-bond acceptors (Lipinski definition) is 6. The van der Waals surface area contributed by atoms with Gasteiger partial charge >= 0.3 is 6.03 Å². The maximum Gasteiger partial charge on any atom is 0.339 e. The van der Waals surface area contributed by atoms with Gasteiger partial charge in [-0.25, -0.2) is 20.2 Å². The van der Waals surface area contributed by atoms with Crippen molar-refractivity contribution >= 4 is 49.2 Å². The number of urea groups is 1. The quantitative estimate of drug-likeness (QED) is 0.648. The van der Waals surface area contributed by atoms with E-state index in [2.05, 4.69) is 26.1 Å². The molecule has 3 rings (SSSR count). The van der Waals surface area contributed by atoms with E-state index in [1.807, 2.05) is 24.3 Å². The van der Waals surface area contributed by atoms with Gasteiger partial charge in [0.2, 0.25) is 5.13 Å². The van der Waals surface area contributed by atoms with Gasteiger partial charge in [0, 0.05) is 11.6 Å². The van der Waals surface area contributed by atoms with Crippen LogP contribution in [0.3, 0.4) is 0 Å². The highest BCUT2D eigenvalue weighted by atomic mass is 32.1. The van der Waals surface area contributed by atoms with Crippen LogP contribution in [0.2, 0.25) is 0 Å². The van der Waals surface area contributed by atoms with E-state index in [1.165, 1.54) is 22.7 Å². The van der Waals surface area contributed by atoms with Crippen molar-refractivity contribution in [3.8, 4) is 0 Å². The number of hydrogen-bond donors (Lipinski definition) is 3. The number of carbonyl (C=O) groups is 1. The van der Waals surface area contributed by atoms with E-state index >= 15 is 0 Å². The highest BCUT2D eigenvalue weighted by Crippen LogP contribution is 2.24. The zero-order valence-corrected chi connectivity index (χ0v) is 11.2. The molecule has 0 saturated heterocycles. The molecule has 0 fully saturated rings. The molecule has 19 heavy (non-hydrogen) atoms. The van der Waals surface area contributed by atoms with Crippen LogP contribution < -0.4 is 16.2 Å². The van der Waals surface area contributed by atoms with Crippen molar-refractivity contribution in [1.82, 2.24) is 15.4 Å². The number of para-hydroxylation sites is 1. The van der Waals surface area contributed by atoms with Gasteiger partial charge in [-0.15, -0.1) is 11.3 Å². The SMILES string of the molecule is O=C(NNc1nc2ccccc2s1)Nc1nccs1. The van der Waals surface area contributed by atoms with E-state index in [9.17, 15) is 4.79 Å². The zero-order valence-electron chi connectivity index (χ0n) is 9.58. The molecule has 0 atom stereocenters. The average molecular weight is 291 g/mol. The fourth-order valence-corrected chi connectivity index (χ4v) is 2.79. The minimum atomic E-state index is -0.380. The zero-order chi connectivity index (χ0) is 13.1. The summed E-state index contributed by atoms with van der Waals surface area (Å²) in [7, 11) is 0. The van der Waals surface area contributed by atoms with E-state index in [0.29, 0.717) is 10.3 Å². The number of aromatic nitrogens is 2. The normalized spacial score (nSPS) is 10.3. The smallest absolute Gasteiger partial charge is 0.282 e. The fourth-order valence-electron chi connectivity index (χ4n) is 1.45. The maximum absolute atomic E-state index is 11.6. The van der Waals surface area contributed by atoms with Crippen molar-refractivity contribution in [3.63, 3.8) is 0 Å². The highest BCUT2D eigenvalue weighted by Gasteiger charge is 2.05. The summed E-state index contributed by atoms with van der Waals surface area (Å²) >= 11 is 2.82. The van der Waals surface area contributed by atoms with E-state index in [-0.39, 0.29) is 6.03 Å². The number of rotatable bonds is 3. The van der Waals surface area contributed by atoms with Crippen LogP contribution in [0, 0.1) is 0 Å². The van der Waals surface area contributed by atoms with E-state index in [0.717, 1.165) is 10.2 Å². The predicted octanol–water partition coefficient (Wildman–Crippen LogP) is 2.90. The molecule has 0 saturated carbocycles. The Kier molecular flexibility index (Phi) is 3.25. The monoisotopic (exact) mass is 291 g/mol. The Morgan fingerprint density at radius 3 is 2.89 bits per heavy atom. The Bertz CT molecular complexity index is 661. The summed E-state index contributed by atoms with van der Waals surface area (Å²) in [5.74, 6) is 0. The molecule has 2 heterocycles. The van der Waals surface area contributed by atoms with Crippen LogP contribution in [0.15, 0.2) is 35.8 Å². The predicted molar refractivity (Wildman–Crippen MR) is 77.5 cm³/mol. The Hall–Kier alpha value is -2.19. The second-order valence-corrected chi connectivity index (χ2v) is 5.45. The van der Waals surface area contributed by atoms with Gasteiger partial charge in [-0.05, 0) is 12.1 Å². The first-order chi connectivity index (χ1) is 9.31. The number of benzene rings is 1. The number of thiazole rings is 2. The lowest BCUT2D eigenvalue weighted by Crippen LogP contribution is -2.33. The third kappa shape index (κ3) is 2.80. The van der Waals surface area contributed by atoms with Gasteiger partial charge in [0.1, 0.15) is 0 Å². The van der Waals surface area contributed by atoms with E-state index < -0.39 is 0 Å². The lowest BCUT2D eigenvalue weighted by molar-refractivity contribution is 0.254. The third-order valence-electron chi connectivity index (χ3n) is 2.23. The molecule has 0 bridgehead atoms. The molecule has 0 unspecified atom stereocenters. The number of fused-ring (bicyclic) bond motifs is 1. The van der Waals surface area contributed by atoms with Crippen molar-refractivity contribution in [2.45, 2.75) is 0 Å². The van der Waals surface area contributed by atoms with Gasteiger partial charge in [-0.2, -0.15) is 0 Å². The molecule has 0 aliphatic rings. The van der Waals surface area contributed by atoms with Crippen molar-refractivity contribution in [2.75, 3.05) is 10.7 Å². The molecule has 0 spiro atoms. The Balaban J connectivity index is 1.61. The molecule has 6 nitrogen and oxygen atoms in total. The van der Waals surface area contributed by atoms with Crippen LogP contribution >= 0.6 is 22.7 Å². The molecule has 2 amide bonds. The summed E-state index contributed by atoms with van der Waals surface area (Å²) in [6.45, 7) is 0. The van der Waals surface area contributed by atoms with Gasteiger partial charge < -0.3 is 0 Å². The number of carbonyl (C=O) groups excluding carboxylic acids is 1. The van der Waals surface area contributed by atoms with Gasteiger partial charge in [-0.3, -0.25) is 10.7 Å². The second kappa shape index (κ2) is 5.21. The van der Waals surface area contributed by atoms with Crippen molar-refractivity contribution in [2.24, 2.45) is 0 Å². The largest absolute Gasteiger partial charge is 0.339 e. The minimum Gasteiger partial charge on any atom is -0.282 e. The van der Waals surface area contributed by atoms with Crippen LogP contribution in [0.5, 0.6) is 0 Å². The van der Waals surface area contributed by atoms with Crippen molar-refractivity contribution in [3.05, 3.63) is 35.8 Å². The molecule has 8 heteroatoms. The van der Waals surface area contributed by atoms with Crippen LogP contribution in [0.1, 0.15) is 0 Å². The van der Waals surface area contributed by atoms with Crippen molar-refractivity contribution in [1.29, 1.82) is 0 Å². The first kappa shape index (κ1) is 11.9. The molecular weight excluding hydrogens is 282 g/mol. The minimum absolute atomic E-state index is 0.380. The van der Waals surface area contributed by atoms with Crippen LogP contribution in [0.25, 0.3) is 10.2 Å². The van der Waals surface area contributed by atoms with Gasteiger partial charge in [-0.1, -0.05) is 23.5 Å². The summed E-state index contributed by atoms with van der Waals surface area (Å²) in [5.41, 5.74) is 6.18. The van der Waals surface area contributed by atoms with E-state index in [4.69, 9.17) is 0 Å². The molecule has 0 aliphatic heterocycles. The standard InChI is InChI=1S/C11H9N5OS2/c17-9(14-10-12-5-6-18-10)15-16-11-13-7-3-1-2-4-8(7)19-11/h1-6H,(H,13,16)(H2,12,14,15,17). The summed E-state index contributed by atoms with van der Waals surface area (Å²) < 4.78 is 1.06. The average Bonchev–Trinajstić information content (AvgIpc) is 3.04. The van der Waals surface area contributed by atoms with Gasteiger partial charge in [0.05, 0.1) is 10.2 Å². The van der Waals surface area contributed by atoms with Gasteiger partial charge in [0.15, 0.2) is 5.13 Å². The summed E-state index contributed by atoms with van der Waals surface area (Å²) in [5, 5.41) is 5.57. The third-order valence-corrected chi connectivity index (χ3v) is 3.87. The molecule has 3 N–H and O–H groups in total. The number of hydrazine groups is 1. The number of anilines is 2. The summed E-state index contributed by atoms with van der Waals surface area (Å²) in [6, 6.07) is 7.40. The topological polar surface area (TPSA) is 78.9 Å². The molecule has 0 radical (unpaired) electrons. The molecule has 0 aliphatic carbocycles. The Morgan fingerprint density at radius 2 is 2.11 bits per heavy atom. The summed E-state index contributed by atoms with van der Waals surface area (Å²) in [6.07, 6.45) is 1.63. The van der Waals surface area contributed by atoms with Crippen LogP contribution in [-0.4, -0.2) is 16.0 Å². The molecule has 96 valence electrons. The van der Waals surface area contributed by atoms with Crippen LogP contribution in [0.4, 0.5) is 15.1 Å². The van der Waals surface area contributed by atoms with Gasteiger partial charge in [0.25, 0.3) is 0 Å². The second-order valence-electron chi connectivity index (χ2n) is 3.53. The number of amides is 2. The van der Waals surface area contributed by atoms with E-state index in [1.54, 1.807) is 11.6 Å². The molecule has 1 aromatic carbocycles. The van der Waals surface area contributed by atoms with Crippen molar-refractivity contribution < 1.29 is 4.79 Å². The molecule has 3 aromatic rings. The first-order valence-electron chi connectivity index (χ1n) is 5.39. The maximum atomic E-state index is 11.6. The fraction of sp³-hybridized carbons (Fsp3) is 0. The molecular formula is C11H9N5OS2. The lowest BCUT2D eigenvalue weighted by atomic mass is 10.3. The Morgan fingerprint density at radius 1 is 1.21 bits per heavy atom. The first-order valence-corrected chi connectivity index (χ1v) is 7.09. The number of nitrogens with one attached hydrogen (secondary N) is 3.